The van der Waals surface area contributed by atoms with Crippen LogP contribution in [0, 0.1) is 0 Å². The third-order valence-electron chi connectivity index (χ3n) is 4.33. The molecule has 2 aliphatic rings. The molecule has 1 atom stereocenters. The summed E-state index contributed by atoms with van der Waals surface area (Å²) >= 11 is 5.83. The lowest BCUT2D eigenvalue weighted by atomic mass is 10.2. The van der Waals surface area contributed by atoms with Gasteiger partial charge in [-0.1, -0.05) is 11.6 Å². The number of aromatic amines is 1. The molecule has 0 bridgehead atoms. The lowest BCUT2D eigenvalue weighted by molar-refractivity contribution is -0.126. The minimum atomic E-state index is -0.141. The highest BCUT2D eigenvalue weighted by atomic mass is 35.5. The zero-order valence-corrected chi connectivity index (χ0v) is 13.4. The van der Waals surface area contributed by atoms with Crippen LogP contribution in [0.4, 0.5) is 0 Å². The molecule has 1 aliphatic heterocycles. The van der Waals surface area contributed by atoms with Gasteiger partial charge in [-0.2, -0.15) is 0 Å². The highest BCUT2D eigenvalue weighted by Crippen LogP contribution is 2.19. The van der Waals surface area contributed by atoms with Crippen LogP contribution in [0.3, 0.4) is 0 Å². The Morgan fingerprint density at radius 3 is 2.55 bits per heavy atom. The highest BCUT2D eigenvalue weighted by molar-refractivity contribution is 6.30. The van der Waals surface area contributed by atoms with Crippen molar-refractivity contribution in [2.75, 3.05) is 26.2 Å². The van der Waals surface area contributed by atoms with Gasteiger partial charge in [0.25, 0.3) is 5.91 Å². The van der Waals surface area contributed by atoms with Crippen molar-refractivity contribution >= 4 is 23.4 Å². The van der Waals surface area contributed by atoms with E-state index in [0.717, 1.165) is 12.8 Å². The van der Waals surface area contributed by atoms with Crippen LogP contribution in [-0.2, 0) is 4.79 Å². The summed E-state index contributed by atoms with van der Waals surface area (Å²) in [4.78, 5) is 31.2. The van der Waals surface area contributed by atoms with Crippen LogP contribution in [0.1, 0.15) is 30.3 Å². The van der Waals surface area contributed by atoms with Crippen LogP contribution in [0.15, 0.2) is 12.3 Å². The fourth-order valence-corrected chi connectivity index (χ4v) is 2.85. The smallest absolute Gasteiger partial charge is 0.270 e. The molecule has 2 amide bonds. The van der Waals surface area contributed by atoms with E-state index in [1.54, 1.807) is 17.2 Å². The number of halogens is 1. The van der Waals surface area contributed by atoms with E-state index in [2.05, 4.69) is 15.2 Å². The molecule has 7 heteroatoms. The number of nitrogens with zero attached hydrogens (tertiary/aromatic N) is 2. The first-order chi connectivity index (χ1) is 10.5. The summed E-state index contributed by atoms with van der Waals surface area (Å²) in [5.41, 5.74) is 0.512. The average Bonchev–Trinajstić information content (AvgIpc) is 3.24. The predicted molar refractivity (Wildman–Crippen MR) is 83.9 cm³/mol. The molecule has 0 spiro atoms. The Morgan fingerprint density at radius 1 is 1.32 bits per heavy atom. The summed E-state index contributed by atoms with van der Waals surface area (Å²) in [7, 11) is 0. The third-order valence-corrected chi connectivity index (χ3v) is 4.55. The number of H-pyrrole nitrogens is 1. The van der Waals surface area contributed by atoms with E-state index in [0.29, 0.717) is 42.9 Å². The molecule has 2 fully saturated rings. The zero-order chi connectivity index (χ0) is 15.7. The summed E-state index contributed by atoms with van der Waals surface area (Å²) in [6.45, 7) is 4.59. The summed E-state index contributed by atoms with van der Waals surface area (Å²) in [5.74, 6) is 0.0556. The van der Waals surface area contributed by atoms with E-state index in [4.69, 9.17) is 11.6 Å². The normalized spacial score (nSPS) is 20.7. The molecule has 0 radical (unpaired) electrons. The van der Waals surface area contributed by atoms with Gasteiger partial charge < -0.3 is 15.2 Å². The van der Waals surface area contributed by atoms with Gasteiger partial charge in [-0.15, -0.1) is 0 Å². The largest absolute Gasteiger partial charge is 0.356 e. The van der Waals surface area contributed by atoms with Crippen LogP contribution in [0.25, 0.3) is 0 Å². The maximum atomic E-state index is 12.3. The molecule has 2 heterocycles. The van der Waals surface area contributed by atoms with Crippen molar-refractivity contribution in [3.05, 3.63) is 23.0 Å². The molecule has 1 aromatic rings. The molecule has 3 rings (SSSR count). The summed E-state index contributed by atoms with van der Waals surface area (Å²) in [6, 6.07) is 1.88. The number of hydrogen-bond donors (Lipinski definition) is 2. The van der Waals surface area contributed by atoms with Gasteiger partial charge in [-0.25, -0.2) is 0 Å². The van der Waals surface area contributed by atoms with Crippen molar-refractivity contribution in [1.82, 2.24) is 20.1 Å². The van der Waals surface area contributed by atoms with E-state index in [-0.39, 0.29) is 17.9 Å². The molecule has 120 valence electrons. The quantitative estimate of drug-likeness (QED) is 0.871. The Balaban J connectivity index is 1.51. The Kier molecular flexibility index (Phi) is 4.40. The zero-order valence-electron chi connectivity index (χ0n) is 12.6. The number of nitrogens with one attached hydrogen (secondary N) is 2. The first-order valence-electron chi connectivity index (χ1n) is 7.72. The average molecular weight is 325 g/mol. The van der Waals surface area contributed by atoms with Gasteiger partial charge in [0, 0.05) is 38.4 Å². The van der Waals surface area contributed by atoms with Crippen molar-refractivity contribution < 1.29 is 9.59 Å². The Hall–Kier alpha value is -1.53. The lowest BCUT2D eigenvalue weighted by Gasteiger charge is -2.37. The van der Waals surface area contributed by atoms with E-state index < -0.39 is 0 Å². The van der Waals surface area contributed by atoms with Crippen molar-refractivity contribution in [1.29, 1.82) is 0 Å². The topological polar surface area (TPSA) is 68.4 Å². The molecular weight excluding hydrogens is 304 g/mol. The Labute approximate surface area is 134 Å². The second-order valence-electron chi connectivity index (χ2n) is 6.02. The molecule has 6 nitrogen and oxygen atoms in total. The second-order valence-corrected chi connectivity index (χ2v) is 6.46. The van der Waals surface area contributed by atoms with Crippen molar-refractivity contribution in [3.8, 4) is 0 Å². The highest BCUT2D eigenvalue weighted by Gasteiger charge is 2.31. The van der Waals surface area contributed by atoms with Gasteiger partial charge in [-0.05, 0) is 25.8 Å². The monoisotopic (exact) mass is 324 g/mol. The van der Waals surface area contributed by atoms with Gasteiger partial charge in [0.2, 0.25) is 5.91 Å². The van der Waals surface area contributed by atoms with Gasteiger partial charge >= 0.3 is 0 Å². The summed E-state index contributed by atoms with van der Waals surface area (Å²) in [6.07, 6.45) is 3.80. The molecule has 1 aromatic heterocycles. The number of piperazine rings is 1. The molecule has 1 unspecified atom stereocenters. The molecule has 22 heavy (non-hydrogen) atoms. The van der Waals surface area contributed by atoms with Gasteiger partial charge in [0.15, 0.2) is 0 Å². The lowest BCUT2D eigenvalue weighted by Crippen LogP contribution is -2.55. The number of carbonyl (C=O) groups is 2. The van der Waals surface area contributed by atoms with E-state index >= 15 is 0 Å². The van der Waals surface area contributed by atoms with Gasteiger partial charge in [-0.3, -0.25) is 14.5 Å². The molecule has 0 aromatic carbocycles. The third kappa shape index (κ3) is 3.44. The van der Waals surface area contributed by atoms with Crippen LogP contribution >= 0.6 is 11.6 Å². The van der Waals surface area contributed by atoms with Crippen LogP contribution in [-0.4, -0.2) is 64.9 Å². The van der Waals surface area contributed by atoms with Gasteiger partial charge in [0.1, 0.15) is 5.69 Å². The number of aromatic nitrogens is 1. The Bertz CT molecular complexity index is 562. The number of amides is 2. The van der Waals surface area contributed by atoms with Crippen LogP contribution in [0.5, 0.6) is 0 Å². The number of carbonyl (C=O) groups excluding carboxylic acids is 2. The molecular formula is C15H21ClN4O2. The van der Waals surface area contributed by atoms with Crippen molar-refractivity contribution in [2.24, 2.45) is 0 Å². The fraction of sp³-hybridized carbons (Fsp3) is 0.600. The molecule has 2 N–H and O–H groups in total. The molecule has 1 saturated heterocycles. The van der Waals surface area contributed by atoms with E-state index in [1.165, 1.54) is 0 Å². The Morgan fingerprint density at radius 2 is 2.00 bits per heavy atom. The fourth-order valence-electron chi connectivity index (χ4n) is 2.69. The van der Waals surface area contributed by atoms with E-state index in [1.807, 2.05) is 6.92 Å². The van der Waals surface area contributed by atoms with Crippen LogP contribution in [0.2, 0.25) is 5.02 Å². The van der Waals surface area contributed by atoms with Crippen LogP contribution < -0.4 is 5.32 Å². The minimum Gasteiger partial charge on any atom is -0.356 e. The minimum absolute atomic E-state index is 0.0402. The molecule has 1 saturated carbocycles. The van der Waals surface area contributed by atoms with Gasteiger partial charge in [0.05, 0.1) is 11.1 Å². The second kappa shape index (κ2) is 6.30. The molecule has 1 aliphatic carbocycles. The summed E-state index contributed by atoms with van der Waals surface area (Å²) in [5, 5.41) is 3.57. The first-order valence-corrected chi connectivity index (χ1v) is 8.10. The van der Waals surface area contributed by atoms with E-state index in [9.17, 15) is 9.59 Å². The first kappa shape index (κ1) is 15.4. The predicted octanol–water partition coefficient (Wildman–Crippen LogP) is 1.09. The number of rotatable bonds is 4. The maximum Gasteiger partial charge on any atom is 0.270 e. The standard InChI is InChI=1S/C15H21ClN4O2/c1-10(14(21)18-12-2-3-12)19-4-6-20(7-5-19)15(22)13-8-11(16)9-17-13/h8-10,12,17H,2-7H2,1H3,(H,18,21). The summed E-state index contributed by atoms with van der Waals surface area (Å²) < 4.78 is 0. The SMILES string of the molecule is CC(C(=O)NC1CC1)N1CCN(C(=O)c2cc(Cl)c[nH]2)CC1. The number of hydrogen-bond acceptors (Lipinski definition) is 3. The van der Waals surface area contributed by atoms with Crippen molar-refractivity contribution in [2.45, 2.75) is 31.8 Å². The van der Waals surface area contributed by atoms with Crippen molar-refractivity contribution in [3.63, 3.8) is 0 Å². The maximum absolute atomic E-state index is 12.3.